The molecule has 0 aromatic rings. The van der Waals surface area contributed by atoms with Crippen molar-refractivity contribution in [3.8, 4) is 0 Å². The van der Waals surface area contributed by atoms with E-state index in [1.165, 1.54) is 6.42 Å². The highest BCUT2D eigenvalue weighted by molar-refractivity contribution is 6.37. The highest BCUT2D eigenvalue weighted by atomic mass is 16.2. The molecule has 68 heavy (non-hydrogen) atoms. The van der Waals surface area contributed by atoms with Crippen molar-refractivity contribution in [1.29, 1.82) is 0 Å². The molecule has 0 N–H and O–H groups in total. The minimum atomic E-state index is -0.296. The molecule has 0 saturated carbocycles. The van der Waals surface area contributed by atoms with E-state index in [2.05, 4.69) is 88.0 Å². The molecular formula is C57H106N4O7. The molecule has 0 aromatic heterocycles. The number of carbonyl (C=O) groups excluding carboxylic acids is 7. The Kier molecular flexibility index (Phi) is 22.8. The second-order valence-electron chi connectivity index (χ2n) is 28.3. The number of ketones is 3. The summed E-state index contributed by atoms with van der Waals surface area (Å²) in [6.07, 6.45) is 6.81. The molecule has 4 heterocycles. The lowest BCUT2D eigenvalue weighted by Crippen LogP contribution is -2.49. The number of nitrogens with zero attached hydrogens (tertiary/aromatic N) is 4. The molecular weight excluding hydrogens is 853 g/mol. The van der Waals surface area contributed by atoms with E-state index in [1.54, 1.807) is 9.80 Å². The lowest BCUT2D eigenvalue weighted by molar-refractivity contribution is -0.150. The molecule has 11 nitrogen and oxygen atoms in total. The maximum atomic E-state index is 12.3. The third-order valence-corrected chi connectivity index (χ3v) is 14.2. The fourth-order valence-electron chi connectivity index (χ4n) is 9.91. The van der Waals surface area contributed by atoms with Crippen LogP contribution in [-0.4, -0.2) is 109 Å². The third kappa shape index (κ3) is 19.6. The Morgan fingerprint density at radius 3 is 1.19 bits per heavy atom. The Labute approximate surface area is 417 Å². The van der Waals surface area contributed by atoms with Gasteiger partial charge in [0.2, 0.25) is 23.5 Å². The summed E-state index contributed by atoms with van der Waals surface area (Å²) < 4.78 is 0. The molecule has 4 rings (SSSR count). The molecule has 4 atom stereocenters. The van der Waals surface area contributed by atoms with Gasteiger partial charge in [0, 0.05) is 72.4 Å². The van der Waals surface area contributed by atoms with Crippen LogP contribution in [0.3, 0.4) is 0 Å². The summed E-state index contributed by atoms with van der Waals surface area (Å²) >= 11 is 0. The van der Waals surface area contributed by atoms with Crippen LogP contribution in [0.1, 0.15) is 231 Å². The number of hydrogen-bond acceptors (Lipinski definition) is 7. The number of amides is 4. The van der Waals surface area contributed by atoms with Gasteiger partial charge in [-0.15, -0.1) is 0 Å². The molecule has 4 saturated heterocycles. The van der Waals surface area contributed by atoms with Crippen LogP contribution in [0.4, 0.5) is 0 Å². The second kappa shape index (κ2) is 23.9. The Morgan fingerprint density at radius 1 is 0.382 bits per heavy atom. The Morgan fingerprint density at radius 2 is 0.779 bits per heavy atom. The number of rotatable bonds is 0. The SMILES string of the molecule is C.CC(C)(C)C1CCC(=O)N(C(C)(C)C)CC1=O.CC(C)(C)C1CCCN(C(C)(C)C)C(=O)C1.CC(C)(C)C1CCCN(C(C)(C)C)C(=O)C1=O.CC(C)(C)C1CCN(C(C)(C)C)C(=O)CC1=O. The zero-order chi connectivity index (χ0) is 52.9. The fourth-order valence-corrected chi connectivity index (χ4v) is 9.91. The molecule has 4 aliphatic heterocycles. The first-order valence-electron chi connectivity index (χ1n) is 25.6. The van der Waals surface area contributed by atoms with Gasteiger partial charge in [0.1, 0.15) is 5.78 Å². The lowest BCUT2D eigenvalue weighted by Gasteiger charge is -2.35. The van der Waals surface area contributed by atoms with Crippen LogP contribution in [0.15, 0.2) is 0 Å². The van der Waals surface area contributed by atoms with Crippen molar-refractivity contribution in [1.82, 2.24) is 19.6 Å². The molecule has 4 amide bonds. The first-order chi connectivity index (χ1) is 29.7. The van der Waals surface area contributed by atoms with Crippen molar-refractivity contribution in [3.05, 3.63) is 0 Å². The van der Waals surface area contributed by atoms with Crippen LogP contribution in [-0.2, 0) is 33.6 Å². The number of Topliss-reactive ketones (excluding diaryl/α,β-unsaturated/α-hetero) is 3. The van der Waals surface area contributed by atoms with Gasteiger partial charge in [-0.05, 0) is 149 Å². The molecule has 0 spiro atoms. The van der Waals surface area contributed by atoms with Crippen molar-refractivity contribution in [2.75, 3.05) is 26.2 Å². The summed E-state index contributed by atoms with van der Waals surface area (Å²) in [5.74, 6) is 0.636. The summed E-state index contributed by atoms with van der Waals surface area (Å²) in [4.78, 5) is 92.5. The maximum absolute atomic E-state index is 12.3. The number of hydrogen-bond donors (Lipinski definition) is 0. The summed E-state index contributed by atoms with van der Waals surface area (Å²) in [6.45, 7) is 52.2. The van der Waals surface area contributed by atoms with Gasteiger partial charge >= 0.3 is 0 Å². The predicted octanol–water partition coefficient (Wildman–Crippen LogP) is 12.0. The fraction of sp³-hybridized carbons (Fsp3) is 0.877. The minimum Gasteiger partial charge on any atom is -0.338 e. The summed E-state index contributed by atoms with van der Waals surface area (Å²) in [6, 6.07) is 0. The van der Waals surface area contributed by atoms with Crippen molar-refractivity contribution in [3.63, 3.8) is 0 Å². The molecule has 11 heteroatoms. The largest absolute Gasteiger partial charge is 0.338 e. The average Bonchev–Trinajstić information content (AvgIpc) is 3.54. The highest BCUT2D eigenvalue weighted by Gasteiger charge is 2.43. The van der Waals surface area contributed by atoms with Gasteiger partial charge in [-0.1, -0.05) is 90.5 Å². The van der Waals surface area contributed by atoms with E-state index in [1.807, 2.05) is 88.0 Å². The van der Waals surface area contributed by atoms with Crippen LogP contribution >= 0.6 is 0 Å². The van der Waals surface area contributed by atoms with Crippen LogP contribution in [0.25, 0.3) is 0 Å². The second-order valence-corrected chi connectivity index (χ2v) is 28.3. The van der Waals surface area contributed by atoms with Gasteiger partial charge in [-0.25, -0.2) is 0 Å². The monoisotopic (exact) mass is 959 g/mol. The smallest absolute Gasteiger partial charge is 0.290 e. The Balaban J connectivity index is 0.000000876. The third-order valence-electron chi connectivity index (χ3n) is 14.2. The average molecular weight is 959 g/mol. The van der Waals surface area contributed by atoms with Gasteiger partial charge in [-0.3, -0.25) is 33.6 Å². The zero-order valence-corrected chi connectivity index (χ0v) is 47.6. The quantitative estimate of drug-likeness (QED) is 0.174. The minimum absolute atomic E-state index is 0. The standard InChI is InChI=1S/3C14H25NO2.C14H27NO.CH4/c1-13(2,3)10-7-8-15(14(4,5)6)12(17)9-11(10)16;1-13(2,3)10-7-8-12(17)15(9-11(10)16)14(4,5)6;1-13(2,3)10-8-7-9-15(14(4,5)6)12(17)11(10)16;1-13(2,3)11-8-7-9-15(12(16)10-11)14(4,5)6;/h3*10H,7-9H2,1-6H3;11H,7-10H2,1-6H3;1H4. The van der Waals surface area contributed by atoms with E-state index < -0.39 is 0 Å². The van der Waals surface area contributed by atoms with E-state index in [-0.39, 0.29) is 117 Å². The first kappa shape index (κ1) is 64.9. The summed E-state index contributed by atoms with van der Waals surface area (Å²) in [5.41, 5.74) is -0.715. The zero-order valence-electron chi connectivity index (χ0n) is 47.6. The summed E-state index contributed by atoms with van der Waals surface area (Å²) in [7, 11) is 0. The van der Waals surface area contributed by atoms with Crippen LogP contribution in [0.5, 0.6) is 0 Å². The van der Waals surface area contributed by atoms with Crippen molar-refractivity contribution >= 4 is 41.0 Å². The van der Waals surface area contributed by atoms with Gasteiger partial charge in [0.05, 0.1) is 13.0 Å². The summed E-state index contributed by atoms with van der Waals surface area (Å²) in [5, 5.41) is 0. The molecule has 4 unspecified atom stereocenters. The van der Waals surface area contributed by atoms with Crippen LogP contribution < -0.4 is 0 Å². The number of carbonyl (C=O) groups is 7. The predicted molar refractivity (Wildman–Crippen MR) is 281 cm³/mol. The van der Waals surface area contributed by atoms with Gasteiger partial charge in [0.25, 0.3) is 5.91 Å². The molecule has 0 radical (unpaired) electrons. The molecule has 4 fully saturated rings. The van der Waals surface area contributed by atoms with E-state index in [0.717, 1.165) is 38.6 Å². The van der Waals surface area contributed by atoms with E-state index in [4.69, 9.17) is 0 Å². The molecule has 0 aromatic carbocycles. The highest BCUT2D eigenvalue weighted by Crippen LogP contribution is 2.38. The van der Waals surface area contributed by atoms with Crippen molar-refractivity contribution < 1.29 is 33.6 Å². The first-order valence-corrected chi connectivity index (χ1v) is 25.6. The maximum Gasteiger partial charge on any atom is 0.290 e. The van der Waals surface area contributed by atoms with E-state index >= 15 is 0 Å². The van der Waals surface area contributed by atoms with E-state index in [0.29, 0.717) is 37.8 Å². The van der Waals surface area contributed by atoms with E-state index in [9.17, 15) is 33.6 Å². The Hall–Kier alpha value is -3.11. The van der Waals surface area contributed by atoms with Crippen LogP contribution in [0, 0.1) is 45.3 Å². The molecule has 0 bridgehead atoms. The lowest BCUT2D eigenvalue weighted by atomic mass is 9.76. The molecule has 396 valence electrons. The van der Waals surface area contributed by atoms with Crippen molar-refractivity contribution in [2.24, 2.45) is 45.3 Å². The van der Waals surface area contributed by atoms with Gasteiger partial charge in [-0.2, -0.15) is 0 Å². The molecule has 4 aliphatic rings. The van der Waals surface area contributed by atoms with Gasteiger partial charge in [0.15, 0.2) is 5.78 Å². The Bertz CT molecular complexity index is 1630. The topological polar surface area (TPSA) is 132 Å². The van der Waals surface area contributed by atoms with Crippen LogP contribution in [0.2, 0.25) is 0 Å². The van der Waals surface area contributed by atoms with Crippen molar-refractivity contribution in [2.45, 2.75) is 254 Å². The number of likely N-dealkylation sites (tertiary alicyclic amines) is 4. The molecule has 0 aliphatic carbocycles. The van der Waals surface area contributed by atoms with Gasteiger partial charge < -0.3 is 19.6 Å². The normalized spacial score (nSPS) is 23.7.